The quantitative estimate of drug-likeness (QED) is 0.784. The number of nitrogens with two attached hydrogens (primary N) is 1. The van der Waals surface area contributed by atoms with Crippen molar-refractivity contribution in [3.05, 3.63) is 18.1 Å². The fraction of sp³-hybridized carbons (Fsp3) is 0.500. The topological polar surface area (TPSA) is 115 Å². The van der Waals surface area contributed by atoms with E-state index < -0.39 is 15.3 Å². The summed E-state index contributed by atoms with van der Waals surface area (Å²) in [6.07, 6.45) is 2.15. The summed E-state index contributed by atoms with van der Waals surface area (Å²) >= 11 is 0. The number of aromatic nitrogens is 4. The van der Waals surface area contributed by atoms with Gasteiger partial charge in [0.05, 0.1) is 5.25 Å². The molecule has 0 saturated carbocycles. The number of primary sulfonamides is 1. The zero-order chi connectivity index (χ0) is 14.0. The highest BCUT2D eigenvalue weighted by Gasteiger charge is 2.16. The van der Waals surface area contributed by atoms with Crippen LogP contribution in [0, 0.1) is 0 Å². The number of anilines is 1. The lowest BCUT2D eigenvalue weighted by Gasteiger charge is -2.12. The van der Waals surface area contributed by atoms with Crippen LogP contribution < -0.4 is 10.5 Å². The lowest BCUT2D eigenvalue weighted by molar-refractivity contribution is 0.587. The number of rotatable bonds is 5. The molecule has 9 heteroatoms. The second-order valence-corrected chi connectivity index (χ2v) is 6.22. The van der Waals surface area contributed by atoms with Crippen LogP contribution in [-0.4, -0.2) is 39.8 Å². The third-order valence-electron chi connectivity index (χ3n) is 2.80. The smallest absolute Gasteiger partial charge is 0.254 e. The molecular weight excluding hydrogens is 268 g/mol. The summed E-state index contributed by atoms with van der Waals surface area (Å²) in [6.45, 7) is 3.72. The number of hydrogen-bond donors (Lipinski definition) is 2. The maximum atomic E-state index is 11.2. The fourth-order valence-corrected chi connectivity index (χ4v) is 1.85. The van der Waals surface area contributed by atoms with Crippen LogP contribution in [0.15, 0.2) is 12.4 Å². The van der Waals surface area contributed by atoms with Crippen molar-refractivity contribution in [2.45, 2.75) is 25.5 Å². The Kier molecular flexibility index (Phi) is 3.67. The van der Waals surface area contributed by atoms with Gasteiger partial charge in [-0.05, 0) is 13.3 Å². The van der Waals surface area contributed by atoms with Crippen LogP contribution >= 0.6 is 0 Å². The van der Waals surface area contributed by atoms with Gasteiger partial charge in [0.15, 0.2) is 0 Å². The third-order valence-corrected chi connectivity index (χ3v) is 4.09. The predicted molar refractivity (Wildman–Crippen MR) is 71.2 cm³/mol. The Bertz CT molecular complexity index is 680. The summed E-state index contributed by atoms with van der Waals surface area (Å²) in [5, 5.41) is 11.4. The molecule has 0 radical (unpaired) electrons. The van der Waals surface area contributed by atoms with Crippen molar-refractivity contribution in [2.75, 3.05) is 11.9 Å². The van der Waals surface area contributed by atoms with Crippen LogP contribution in [0.1, 0.15) is 19.5 Å². The van der Waals surface area contributed by atoms with Gasteiger partial charge < -0.3 is 5.32 Å². The first-order valence-corrected chi connectivity index (χ1v) is 7.48. The van der Waals surface area contributed by atoms with Gasteiger partial charge >= 0.3 is 0 Å². The number of fused-ring (bicyclic) bond motifs is 1. The normalized spacial score (nSPS) is 13.6. The Labute approximate surface area is 111 Å². The van der Waals surface area contributed by atoms with Gasteiger partial charge in [-0.3, -0.25) is 0 Å². The van der Waals surface area contributed by atoms with E-state index in [-0.39, 0.29) is 6.54 Å². The average Bonchev–Trinajstić information content (AvgIpc) is 2.82. The zero-order valence-electron chi connectivity index (χ0n) is 10.7. The Morgan fingerprint density at radius 2 is 2.26 bits per heavy atom. The van der Waals surface area contributed by atoms with Crippen LogP contribution in [0.3, 0.4) is 0 Å². The van der Waals surface area contributed by atoms with Crippen molar-refractivity contribution in [1.82, 2.24) is 19.6 Å². The first kappa shape index (κ1) is 13.7. The van der Waals surface area contributed by atoms with Crippen molar-refractivity contribution >= 4 is 21.6 Å². The van der Waals surface area contributed by atoms with E-state index in [1.807, 2.05) is 13.0 Å². The van der Waals surface area contributed by atoms with E-state index in [1.165, 1.54) is 10.8 Å². The minimum absolute atomic E-state index is 0.195. The van der Waals surface area contributed by atoms with Crippen LogP contribution in [0.2, 0.25) is 0 Å². The van der Waals surface area contributed by atoms with Crippen LogP contribution in [-0.2, 0) is 16.4 Å². The molecule has 2 aromatic heterocycles. The Morgan fingerprint density at radius 1 is 1.53 bits per heavy atom. The molecule has 0 aromatic carbocycles. The zero-order valence-corrected chi connectivity index (χ0v) is 11.6. The van der Waals surface area contributed by atoms with Crippen LogP contribution in [0.25, 0.3) is 5.78 Å². The molecule has 2 rings (SSSR count). The summed E-state index contributed by atoms with van der Waals surface area (Å²) < 4.78 is 23.9. The average molecular weight is 284 g/mol. The number of nitrogens with zero attached hydrogens (tertiary/aromatic N) is 4. The number of sulfonamides is 1. The monoisotopic (exact) mass is 284 g/mol. The molecule has 0 aliphatic heterocycles. The maximum absolute atomic E-state index is 11.2. The van der Waals surface area contributed by atoms with Crippen LogP contribution in [0.4, 0.5) is 5.82 Å². The van der Waals surface area contributed by atoms with Gasteiger partial charge in [-0.25, -0.2) is 18.5 Å². The second kappa shape index (κ2) is 5.10. The summed E-state index contributed by atoms with van der Waals surface area (Å²) in [7, 11) is -3.55. The molecule has 0 saturated heterocycles. The van der Waals surface area contributed by atoms with E-state index in [0.717, 1.165) is 12.1 Å². The van der Waals surface area contributed by atoms with E-state index in [2.05, 4.69) is 20.4 Å². The molecule has 0 aliphatic carbocycles. The number of hydrogen-bond acceptors (Lipinski definition) is 6. The largest absolute Gasteiger partial charge is 0.369 e. The minimum atomic E-state index is -3.55. The Balaban J connectivity index is 2.27. The maximum Gasteiger partial charge on any atom is 0.254 e. The molecule has 0 bridgehead atoms. The van der Waals surface area contributed by atoms with Crippen molar-refractivity contribution in [2.24, 2.45) is 5.14 Å². The fourth-order valence-electron chi connectivity index (χ4n) is 1.53. The Hall–Kier alpha value is -1.74. The molecule has 0 amide bonds. The summed E-state index contributed by atoms with van der Waals surface area (Å²) in [4.78, 5) is 8.32. The first-order valence-electron chi connectivity index (χ1n) is 5.87. The van der Waals surface area contributed by atoms with Crippen molar-refractivity contribution in [3.63, 3.8) is 0 Å². The second-order valence-electron chi connectivity index (χ2n) is 4.24. The van der Waals surface area contributed by atoms with Gasteiger partial charge in [0.2, 0.25) is 10.0 Å². The molecule has 0 unspecified atom stereocenters. The SMILES string of the molecule is CCc1cc(NC[C@@H](C)S(N)(=O)=O)n2ncnc2n1. The molecule has 8 nitrogen and oxygen atoms in total. The van der Waals surface area contributed by atoms with Gasteiger partial charge in [-0.2, -0.15) is 14.6 Å². The molecular formula is C10H16N6O2S. The highest BCUT2D eigenvalue weighted by Crippen LogP contribution is 2.11. The standard InChI is InChI=1S/C10H16N6O2S/c1-3-8-4-9(12-5-7(2)19(11,17)18)16-10(15-8)13-6-14-16/h4,6-7,12H,3,5H2,1-2H3,(H2,11,17,18)/t7-/m1/s1. The van der Waals surface area contributed by atoms with E-state index >= 15 is 0 Å². The molecule has 1 atom stereocenters. The van der Waals surface area contributed by atoms with E-state index in [0.29, 0.717) is 11.6 Å². The highest BCUT2D eigenvalue weighted by molar-refractivity contribution is 7.89. The van der Waals surface area contributed by atoms with E-state index in [9.17, 15) is 8.42 Å². The van der Waals surface area contributed by atoms with Gasteiger partial charge in [-0.15, -0.1) is 0 Å². The van der Waals surface area contributed by atoms with Gasteiger partial charge in [0.25, 0.3) is 5.78 Å². The van der Waals surface area contributed by atoms with Crippen molar-refractivity contribution < 1.29 is 8.42 Å². The molecule has 0 aliphatic rings. The van der Waals surface area contributed by atoms with E-state index in [1.54, 1.807) is 6.92 Å². The summed E-state index contributed by atoms with van der Waals surface area (Å²) in [5.74, 6) is 1.12. The van der Waals surface area contributed by atoms with E-state index in [4.69, 9.17) is 5.14 Å². The number of nitrogens with one attached hydrogen (secondary N) is 1. The molecule has 19 heavy (non-hydrogen) atoms. The summed E-state index contributed by atoms with van der Waals surface area (Å²) in [6, 6.07) is 1.82. The summed E-state index contributed by atoms with van der Waals surface area (Å²) in [5.41, 5.74) is 0.853. The molecule has 0 fully saturated rings. The first-order chi connectivity index (χ1) is 8.91. The lowest BCUT2D eigenvalue weighted by atomic mass is 10.3. The Morgan fingerprint density at radius 3 is 2.89 bits per heavy atom. The minimum Gasteiger partial charge on any atom is -0.369 e. The molecule has 2 heterocycles. The van der Waals surface area contributed by atoms with Crippen molar-refractivity contribution in [1.29, 1.82) is 0 Å². The highest BCUT2D eigenvalue weighted by atomic mass is 32.2. The third kappa shape index (κ3) is 2.99. The van der Waals surface area contributed by atoms with Crippen LogP contribution in [0.5, 0.6) is 0 Å². The van der Waals surface area contributed by atoms with Gasteiger partial charge in [0.1, 0.15) is 12.1 Å². The predicted octanol–water partition coefficient (Wildman–Crippen LogP) is -0.224. The molecule has 2 aromatic rings. The van der Waals surface area contributed by atoms with Crippen molar-refractivity contribution in [3.8, 4) is 0 Å². The molecule has 3 N–H and O–H groups in total. The molecule has 0 spiro atoms. The van der Waals surface area contributed by atoms with Gasteiger partial charge in [-0.1, -0.05) is 6.92 Å². The molecule has 104 valence electrons. The number of aryl methyl sites for hydroxylation is 1. The van der Waals surface area contributed by atoms with Gasteiger partial charge in [0, 0.05) is 18.3 Å². The lowest BCUT2D eigenvalue weighted by Crippen LogP contribution is -2.32.